The average molecular weight is 186 g/mol. The smallest absolute Gasteiger partial charge is 0.109 e. The Labute approximate surface area is 74.4 Å². The zero-order chi connectivity index (χ0) is 8.39. The van der Waals surface area contributed by atoms with Crippen LogP contribution in [0.15, 0.2) is 11.6 Å². The highest BCUT2D eigenvalue weighted by atomic mass is 32.1. The Morgan fingerprint density at radius 2 is 2.75 bits per heavy atom. The number of β-amino-alcohol motifs (C(OH)–C–C–N with tert-alkyl or cyclic N) is 1. The summed E-state index contributed by atoms with van der Waals surface area (Å²) in [7, 11) is 0. The van der Waals surface area contributed by atoms with Crippen molar-refractivity contribution in [1.29, 1.82) is 0 Å². The molecule has 2 rings (SSSR count). The molecule has 0 spiro atoms. The van der Waals surface area contributed by atoms with Gasteiger partial charge in [-0.2, -0.15) is 5.06 Å². The van der Waals surface area contributed by atoms with Crippen molar-refractivity contribution in [2.75, 3.05) is 13.2 Å². The second-order valence-corrected chi connectivity index (χ2v) is 3.68. The lowest BCUT2D eigenvalue weighted by atomic mass is 10.4. The second-order valence-electron chi connectivity index (χ2n) is 2.70. The van der Waals surface area contributed by atoms with E-state index < -0.39 is 0 Å². The van der Waals surface area contributed by atoms with Crippen LogP contribution < -0.4 is 0 Å². The van der Waals surface area contributed by atoms with Crippen LogP contribution in [0.3, 0.4) is 0 Å². The Balaban J connectivity index is 1.88. The van der Waals surface area contributed by atoms with E-state index in [-0.39, 0.29) is 6.10 Å². The van der Waals surface area contributed by atoms with Crippen LogP contribution in [0.2, 0.25) is 0 Å². The summed E-state index contributed by atoms with van der Waals surface area (Å²) < 4.78 is 0. The van der Waals surface area contributed by atoms with Crippen LogP contribution in [0.25, 0.3) is 0 Å². The quantitative estimate of drug-likeness (QED) is 0.719. The van der Waals surface area contributed by atoms with Crippen molar-refractivity contribution in [3.63, 3.8) is 0 Å². The summed E-state index contributed by atoms with van der Waals surface area (Å²) in [6.07, 6.45) is 1.43. The lowest BCUT2D eigenvalue weighted by Gasteiger charge is -2.10. The Bertz CT molecular complexity index is 240. The molecule has 0 saturated carbocycles. The second kappa shape index (κ2) is 3.49. The molecule has 1 N–H and O–H groups in total. The molecule has 1 aromatic heterocycles. The highest BCUT2D eigenvalue weighted by molar-refractivity contribution is 7.09. The van der Waals surface area contributed by atoms with Crippen LogP contribution in [0.1, 0.15) is 5.01 Å². The van der Waals surface area contributed by atoms with Crippen LogP contribution >= 0.6 is 11.3 Å². The van der Waals surface area contributed by atoms with Gasteiger partial charge in [0.15, 0.2) is 0 Å². The molecule has 1 aliphatic heterocycles. The van der Waals surface area contributed by atoms with Gasteiger partial charge >= 0.3 is 0 Å². The normalized spacial score (nSPS) is 24.9. The van der Waals surface area contributed by atoms with E-state index in [0.29, 0.717) is 19.7 Å². The molecule has 66 valence electrons. The highest BCUT2D eigenvalue weighted by Gasteiger charge is 2.21. The maximum atomic E-state index is 9.14. The molecule has 1 fully saturated rings. The van der Waals surface area contributed by atoms with E-state index in [2.05, 4.69) is 4.98 Å². The first-order valence-electron chi connectivity index (χ1n) is 3.79. The van der Waals surface area contributed by atoms with E-state index in [9.17, 15) is 0 Å². The molecular formula is C7H10N2O2S. The summed E-state index contributed by atoms with van der Waals surface area (Å²) >= 11 is 1.60. The van der Waals surface area contributed by atoms with Gasteiger partial charge in [0.25, 0.3) is 0 Å². The number of aliphatic hydroxyl groups excluding tert-OH is 1. The fourth-order valence-electron chi connectivity index (χ4n) is 1.12. The SMILES string of the molecule is OC1CON(Cc2nccs2)C1. The largest absolute Gasteiger partial charge is 0.389 e. The molecule has 0 amide bonds. The molecule has 12 heavy (non-hydrogen) atoms. The van der Waals surface area contributed by atoms with Gasteiger partial charge in [-0.3, -0.25) is 4.84 Å². The molecule has 0 radical (unpaired) electrons. The van der Waals surface area contributed by atoms with Crippen molar-refractivity contribution in [1.82, 2.24) is 10.0 Å². The topological polar surface area (TPSA) is 45.6 Å². The molecule has 4 nitrogen and oxygen atoms in total. The summed E-state index contributed by atoms with van der Waals surface area (Å²) in [5, 5.41) is 13.8. The van der Waals surface area contributed by atoms with Crippen LogP contribution in [0, 0.1) is 0 Å². The summed E-state index contributed by atoms with van der Waals surface area (Å²) in [6, 6.07) is 0. The number of hydrogen-bond acceptors (Lipinski definition) is 5. The summed E-state index contributed by atoms with van der Waals surface area (Å²) in [4.78, 5) is 9.31. The van der Waals surface area contributed by atoms with Gasteiger partial charge in [-0.25, -0.2) is 4.98 Å². The lowest BCUT2D eigenvalue weighted by molar-refractivity contribution is -0.117. The van der Waals surface area contributed by atoms with Gasteiger partial charge in [0.2, 0.25) is 0 Å². The first-order chi connectivity index (χ1) is 5.84. The van der Waals surface area contributed by atoms with Gasteiger partial charge < -0.3 is 5.11 Å². The molecule has 1 saturated heterocycles. The zero-order valence-electron chi connectivity index (χ0n) is 6.51. The minimum atomic E-state index is -0.343. The minimum Gasteiger partial charge on any atom is -0.389 e. The number of hydrogen-bond donors (Lipinski definition) is 1. The first-order valence-corrected chi connectivity index (χ1v) is 4.67. The van der Waals surface area contributed by atoms with Crippen LogP contribution in [0.4, 0.5) is 0 Å². The molecular weight excluding hydrogens is 176 g/mol. The highest BCUT2D eigenvalue weighted by Crippen LogP contribution is 2.12. The molecule has 5 heteroatoms. The molecule has 0 aliphatic carbocycles. The number of hydroxylamine groups is 2. The first kappa shape index (κ1) is 8.12. The number of aromatic nitrogens is 1. The maximum Gasteiger partial charge on any atom is 0.109 e. The zero-order valence-corrected chi connectivity index (χ0v) is 7.33. The Morgan fingerprint density at radius 3 is 3.33 bits per heavy atom. The fourth-order valence-corrected chi connectivity index (χ4v) is 1.74. The Morgan fingerprint density at radius 1 is 1.83 bits per heavy atom. The van der Waals surface area contributed by atoms with Gasteiger partial charge in [0.05, 0.1) is 25.8 Å². The maximum absolute atomic E-state index is 9.14. The predicted octanol–water partition coefficient (Wildman–Crippen LogP) is 0.251. The molecule has 1 unspecified atom stereocenters. The average Bonchev–Trinajstić information content (AvgIpc) is 2.63. The molecule has 2 heterocycles. The third-order valence-corrected chi connectivity index (χ3v) is 2.42. The molecule has 0 bridgehead atoms. The van der Waals surface area contributed by atoms with E-state index in [1.165, 1.54) is 0 Å². The molecule has 1 aliphatic rings. The van der Waals surface area contributed by atoms with Crippen LogP contribution in [-0.2, 0) is 11.4 Å². The number of aliphatic hydroxyl groups is 1. The number of nitrogens with zero attached hydrogens (tertiary/aromatic N) is 2. The minimum absolute atomic E-state index is 0.343. The van der Waals surface area contributed by atoms with Gasteiger partial charge in [0, 0.05) is 11.6 Å². The van der Waals surface area contributed by atoms with Crippen molar-refractivity contribution in [3.05, 3.63) is 16.6 Å². The summed E-state index contributed by atoms with van der Waals surface area (Å²) in [5.41, 5.74) is 0. The van der Waals surface area contributed by atoms with Gasteiger partial charge in [-0.05, 0) is 0 Å². The lowest BCUT2D eigenvalue weighted by Crippen LogP contribution is -2.20. The van der Waals surface area contributed by atoms with E-state index in [0.717, 1.165) is 5.01 Å². The van der Waals surface area contributed by atoms with Crippen LogP contribution in [0.5, 0.6) is 0 Å². The number of rotatable bonds is 2. The van der Waals surface area contributed by atoms with Crippen molar-refractivity contribution in [3.8, 4) is 0 Å². The Hall–Kier alpha value is -0.490. The van der Waals surface area contributed by atoms with Crippen molar-refractivity contribution < 1.29 is 9.94 Å². The van der Waals surface area contributed by atoms with Gasteiger partial charge in [-0.15, -0.1) is 11.3 Å². The van der Waals surface area contributed by atoms with E-state index in [1.54, 1.807) is 22.6 Å². The third kappa shape index (κ3) is 1.81. The summed E-state index contributed by atoms with van der Waals surface area (Å²) in [6.45, 7) is 1.67. The van der Waals surface area contributed by atoms with Crippen LogP contribution in [-0.4, -0.2) is 34.4 Å². The number of thiazole rings is 1. The third-order valence-electron chi connectivity index (χ3n) is 1.66. The summed E-state index contributed by atoms with van der Waals surface area (Å²) in [5.74, 6) is 0. The van der Waals surface area contributed by atoms with Crippen molar-refractivity contribution >= 4 is 11.3 Å². The van der Waals surface area contributed by atoms with Gasteiger partial charge in [0.1, 0.15) is 5.01 Å². The van der Waals surface area contributed by atoms with E-state index in [1.807, 2.05) is 5.38 Å². The van der Waals surface area contributed by atoms with Gasteiger partial charge in [-0.1, -0.05) is 0 Å². The fraction of sp³-hybridized carbons (Fsp3) is 0.571. The molecule has 1 aromatic rings. The monoisotopic (exact) mass is 186 g/mol. The van der Waals surface area contributed by atoms with E-state index in [4.69, 9.17) is 9.94 Å². The molecule has 1 atom stereocenters. The Kier molecular flexibility index (Phi) is 2.36. The predicted molar refractivity (Wildman–Crippen MR) is 44.5 cm³/mol. The van der Waals surface area contributed by atoms with Crippen molar-refractivity contribution in [2.24, 2.45) is 0 Å². The van der Waals surface area contributed by atoms with Crippen molar-refractivity contribution in [2.45, 2.75) is 12.6 Å². The standard InChI is InChI=1S/C7H10N2O2S/c10-6-3-9(11-5-6)4-7-8-1-2-12-7/h1-2,6,10H,3-5H2. The van der Waals surface area contributed by atoms with E-state index >= 15 is 0 Å². The molecule has 0 aromatic carbocycles.